The Bertz CT molecular complexity index is 368. The zero-order valence-electron chi connectivity index (χ0n) is 9.54. The molecule has 0 spiro atoms. The fraction of sp³-hybridized carbons (Fsp3) is 0.417. The average molecular weight is 270 g/mol. The Labute approximate surface area is 99.4 Å². The van der Waals surface area contributed by atoms with Crippen LogP contribution in [-0.4, -0.2) is 23.4 Å². The van der Waals surface area contributed by atoms with Crippen molar-refractivity contribution in [3.63, 3.8) is 0 Å². The van der Waals surface area contributed by atoms with Crippen molar-refractivity contribution in [3.05, 3.63) is 34.3 Å². The van der Waals surface area contributed by atoms with Crippen LogP contribution in [0.15, 0.2) is 28.7 Å². The molecule has 82 valence electrons. The first-order valence-corrected chi connectivity index (χ1v) is 5.65. The summed E-state index contributed by atoms with van der Waals surface area (Å²) in [5.74, 6) is 0.0452. The summed E-state index contributed by atoms with van der Waals surface area (Å²) < 4.78 is 0.927. The molecule has 0 heterocycles. The van der Waals surface area contributed by atoms with E-state index in [-0.39, 0.29) is 11.4 Å². The van der Waals surface area contributed by atoms with Crippen molar-refractivity contribution < 1.29 is 4.79 Å². The Morgan fingerprint density at radius 2 is 1.93 bits per heavy atom. The van der Waals surface area contributed by atoms with E-state index in [1.165, 1.54) is 0 Å². The first kappa shape index (κ1) is 12.2. The van der Waals surface area contributed by atoms with E-state index in [1.54, 1.807) is 4.90 Å². The lowest BCUT2D eigenvalue weighted by atomic mass is 10.1. The zero-order valence-corrected chi connectivity index (χ0v) is 11.1. The summed E-state index contributed by atoms with van der Waals surface area (Å²) in [4.78, 5) is 13.8. The van der Waals surface area contributed by atoms with Gasteiger partial charge in [-0.2, -0.15) is 0 Å². The summed E-state index contributed by atoms with van der Waals surface area (Å²) in [7, 11) is 1.82. The predicted molar refractivity (Wildman–Crippen MR) is 66.0 cm³/mol. The molecule has 15 heavy (non-hydrogen) atoms. The first-order chi connectivity index (χ1) is 6.82. The Hall–Kier alpha value is -0.830. The van der Waals surface area contributed by atoms with Crippen molar-refractivity contribution in [2.75, 3.05) is 7.05 Å². The molecule has 1 aromatic rings. The second kappa shape index (κ2) is 4.35. The van der Waals surface area contributed by atoms with Crippen LogP contribution in [0.4, 0.5) is 0 Å². The maximum Gasteiger partial charge on any atom is 0.254 e. The van der Waals surface area contributed by atoms with Gasteiger partial charge in [0.25, 0.3) is 5.91 Å². The maximum atomic E-state index is 12.0. The molecule has 0 radical (unpaired) electrons. The number of carbonyl (C=O) groups is 1. The molecule has 0 aliphatic rings. The van der Waals surface area contributed by atoms with Gasteiger partial charge in [-0.1, -0.05) is 22.0 Å². The third-order valence-corrected chi connectivity index (χ3v) is 2.88. The maximum absolute atomic E-state index is 12.0. The molecule has 0 aliphatic heterocycles. The summed E-state index contributed by atoms with van der Waals surface area (Å²) in [5, 5.41) is 0. The molecule has 3 heteroatoms. The minimum atomic E-state index is -0.153. The molecular weight excluding hydrogens is 254 g/mol. The number of hydrogen-bond donors (Lipinski definition) is 0. The van der Waals surface area contributed by atoms with E-state index in [2.05, 4.69) is 15.9 Å². The molecule has 0 N–H and O–H groups in total. The fourth-order valence-corrected chi connectivity index (χ4v) is 1.52. The SMILES string of the molecule is CN(C(=O)c1cccc(Br)c1)C(C)(C)C. The van der Waals surface area contributed by atoms with E-state index >= 15 is 0 Å². The van der Waals surface area contributed by atoms with E-state index < -0.39 is 0 Å². The van der Waals surface area contributed by atoms with Crippen LogP contribution in [0, 0.1) is 0 Å². The minimum absolute atomic E-state index is 0.0452. The Morgan fingerprint density at radius 3 is 2.40 bits per heavy atom. The molecular formula is C12H16BrNO. The predicted octanol–water partition coefficient (Wildman–Crippen LogP) is 3.32. The fourth-order valence-electron chi connectivity index (χ4n) is 1.12. The van der Waals surface area contributed by atoms with Crippen LogP contribution >= 0.6 is 15.9 Å². The highest BCUT2D eigenvalue weighted by Crippen LogP contribution is 2.17. The summed E-state index contributed by atoms with van der Waals surface area (Å²) in [6.45, 7) is 6.05. The number of carbonyl (C=O) groups excluding carboxylic acids is 1. The molecule has 1 amide bonds. The van der Waals surface area contributed by atoms with Crippen LogP contribution in [0.5, 0.6) is 0 Å². The second-order valence-corrected chi connectivity index (χ2v) is 5.46. The smallest absolute Gasteiger partial charge is 0.254 e. The van der Waals surface area contributed by atoms with Crippen molar-refractivity contribution in [1.82, 2.24) is 4.90 Å². The molecule has 2 nitrogen and oxygen atoms in total. The summed E-state index contributed by atoms with van der Waals surface area (Å²) >= 11 is 3.36. The van der Waals surface area contributed by atoms with Crippen molar-refractivity contribution in [3.8, 4) is 0 Å². The summed E-state index contributed by atoms with van der Waals surface area (Å²) in [5.41, 5.74) is 0.557. The lowest BCUT2D eigenvalue weighted by Crippen LogP contribution is -2.42. The molecule has 0 aromatic heterocycles. The number of nitrogens with zero attached hydrogens (tertiary/aromatic N) is 1. The van der Waals surface area contributed by atoms with E-state index in [9.17, 15) is 4.79 Å². The Kier molecular flexibility index (Phi) is 3.55. The van der Waals surface area contributed by atoms with Gasteiger partial charge in [0.05, 0.1) is 0 Å². The van der Waals surface area contributed by atoms with Gasteiger partial charge in [0.2, 0.25) is 0 Å². The molecule has 0 bridgehead atoms. The number of hydrogen-bond acceptors (Lipinski definition) is 1. The number of rotatable bonds is 1. The van der Waals surface area contributed by atoms with E-state index in [4.69, 9.17) is 0 Å². The van der Waals surface area contributed by atoms with Gasteiger partial charge in [0.1, 0.15) is 0 Å². The van der Waals surface area contributed by atoms with Crippen LogP contribution < -0.4 is 0 Å². The highest BCUT2D eigenvalue weighted by molar-refractivity contribution is 9.10. The largest absolute Gasteiger partial charge is 0.337 e. The number of halogens is 1. The second-order valence-electron chi connectivity index (χ2n) is 4.55. The average Bonchev–Trinajstić information content (AvgIpc) is 2.14. The van der Waals surface area contributed by atoms with Gasteiger partial charge in [0.15, 0.2) is 0 Å². The molecule has 0 atom stereocenters. The van der Waals surface area contributed by atoms with Gasteiger partial charge in [0, 0.05) is 22.6 Å². The highest BCUT2D eigenvalue weighted by atomic mass is 79.9. The lowest BCUT2D eigenvalue weighted by molar-refractivity contribution is 0.0655. The van der Waals surface area contributed by atoms with Crippen molar-refractivity contribution in [1.29, 1.82) is 0 Å². The third kappa shape index (κ3) is 3.06. The van der Waals surface area contributed by atoms with Crippen molar-refractivity contribution >= 4 is 21.8 Å². The van der Waals surface area contributed by atoms with Gasteiger partial charge >= 0.3 is 0 Å². The monoisotopic (exact) mass is 269 g/mol. The van der Waals surface area contributed by atoms with E-state index in [0.717, 1.165) is 4.47 Å². The molecule has 0 unspecified atom stereocenters. The van der Waals surface area contributed by atoms with Crippen LogP contribution in [0.25, 0.3) is 0 Å². The van der Waals surface area contributed by atoms with Gasteiger partial charge in [-0.3, -0.25) is 4.79 Å². The van der Waals surface area contributed by atoms with Gasteiger partial charge in [-0.25, -0.2) is 0 Å². The highest BCUT2D eigenvalue weighted by Gasteiger charge is 2.23. The van der Waals surface area contributed by atoms with Gasteiger partial charge < -0.3 is 4.90 Å². The van der Waals surface area contributed by atoms with Crippen LogP contribution in [-0.2, 0) is 0 Å². The molecule has 0 fully saturated rings. The Balaban J connectivity index is 2.95. The standard InChI is InChI=1S/C12H16BrNO/c1-12(2,3)14(4)11(15)9-6-5-7-10(13)8-9/h5-8H,1-4H3. The summed E-state index contributed by atoms with van der Waals surface area (Å²) in [6.07, 6.45) is 0. The van der Waals surface area contributed by atoms with Crippen LogP contribution in [0.1, 0.15) is 31.1 Å². The zero-order chi connectivity index (χ0) is 11.6. The normalized spacial score (nSPS) is 11.3. The molecule has 0 saturated heterocycles. The summed E-state index contributed by atoms with van der Waals surface area (Å²) in [6, 6.07) is 7.45. The van der Waals surface area contributed by atoms with Gasteiger partial charge in [-0.15, -0.1) is 0 Å². The minimum Gasteiger partial charge on any atom is -0.337 e. The quantitative estimate of drug-likeness (QED) is 0.766. The van der Waals surface area contributed by atoms with Crippen molar-refractivity contribution in [2.45, 2.75) is 26.3 Å². The first-order valence-electron chi connectivity index (χ1n) is 4.86. The molecule has 1 rings (SSSR count). The molecule has 0 aliphatic carbocycles. The van der Waals surface area contributed by atoms with Crippen molar-refractivity contribution in [2.24, 2.45) is 0 Å². The van der Waals surface area contributed by atoms with Crippen LogP contribution in [0.2, 0.25) is 0 Å². The van der Waals surface area contributed by atoms with E-state index in [1.807, 2.05) is 52.1 Å². The third-order valence-electron chi connectivity index (χ3n) is 2.38. The Morgan fingerprint density at radius 1 is 1.33 bits per heavy atom. The molecule has 0 saturated carbocycles. The van der Waals surface area contributed by atoms with Gasteiger partial charge in [-0.05, 0) is 39.0 Å². The number of benzene rings is 1. The number of amides is 1. The van der Waals surface area contributed by atoms with Crippen LogP contribution in [0.3, 0.4) is 0 Å². The van der Waals surface area contributed by atoms with E-state index in [0.29, 0.717) is 5.56 Å². The topological polar surface area (TPSA) is 20.3 Å². The molecule has 1 aromatic carbocycles. The lowest BCUT2D eigenvalue weighted by Gasteiger charge is -2.32.